The smallest absolute Gasteiger partial charge is 0.251 e. The molecule has 3 N–H and O–H groups in total. The lowest BCUT2D eigenvalue weighted by molar-refractivity contribution is 0.0942. The molecule has 2 aromatic carbocycles. The van der Waals surface area contributed by atoms with Gasteiger partial charge in [-0.25, -0.2) is 9.37 Å². The summed E-state index contributed by atoms with van der Waals surface area (Å²) < 4.78 is 25.3. The third-order valence-corrected chi connectivity index (χ3v) is 8.16. The Labute approximate surface area is 247 Å². The first-order valence-corrected chi connectivity index (χ1v) is 14.2. The molecule has 0 bridgehead atoms. The van der Waals surface area contributed by atoms with Crippen LogP contribution in [0.2, 0.25) is 10.0 Å². The number of nitrogens with one attached hydrogen (secondary N) is 1. The number of anilines is 1. The number of ether oxygens (including phenoxy) is 1. The minimum atomic E-state index is -0.686. The third-order valence-electron chi connectivity index (χ3n) is 7.44. The Morgan fingerprint density at radius 1 is 1.15 bits per heavy atom. The van der Waals surface area contributed by atoms with E-state index in [2.05, 4.69) is 20.4 Å². The highest BCUT2D eigenvalue weighted by molar-refractivity contribution is 6.36. The van der Waals surface area contributed by atoms with Crippen molar-refractivity contribution in [1.82, 2.24) is 20.4 Å². The molecule has 41 heavy (non-hydrogen) atoms. The molecule has 4 aromatic rings. The molecule has 1 aliphatic carbocycles. The van der Waals surface area contributed by atoms with Crippen LogP contribution in [0.3, 0.4) is 0 Å². The molecular formula is C30H30Cl2FN5O3. The van der Waals surface area contributed by atoms with Crippen molar-refractivity contribution in [3.63, 3.8) is 0 Å². The molecule has 5 rings (SSSR count). The van der Waals surface area contributed by atoms with Gasteiger partial charge >= 0.3 is 0 Å². The average molecular weight is 599 g/mol. The number of benzene rings is 2. The molecule has 0 saturated heterocycles. The van der Waals surface area contributed by atoms with Gasteiger partial charge in [0.15, 0.2) is 17.4 Å². The van der Waals surface area contributed by atoms with Crippen LogP contribution in [0.1, 0.15) is 72.3 Å². The highest BCUT2D eigenvalue weighted by Crippen LogP contribution is 2.37. The van der Waals surface area contributed by atoms with Gasteiger partial charge in [-0.05, 0) is 81.3 Å². The van der Waals surface area contributed by atoms with Crippen LogP contribution in [0.4, 0.5) is 10.2 Å². The number of nitrogen functional groups attached to an aromatic ring is 1. The number of rotatable bonds is 8. The normalized spacial score (nSPS) is 17.7. The number of aryl methyl sites for hydroxylation is 1. The van der Waals surface area contributed by atoms with E-state index in [1.54, 1.807) is 31.3 Å². The van der Waals surface area contributed by atoms with Gasteiger partial charge in [-0.2, -0.15) is 4.98 Å². The van der Waals surface area contributed by atoms with Crippen molar-refractivity contribution in [2.45, 2.75) is 51.6 Å². The molecule has 0 aliphatic heterocycles. The molecular weight excluding hydrogens is 568 g/mol. The Morgan fingerprint density at radius 2 is 1.88 bits per heavy atom. The van der Waals surface area contributed by atoms with Gasteiger partial charge in [0.1, 0.15) is 11.9 Å². The van der Waals surface area contributed by atoms with Crippen molar-refractivity contribution < 1.29 is 18.4 Å². The van der Waals surface area contributed by atoms with Crippen molar-refractivity contribution in [3.8, 4) is 16.9 Å². The van der Waals surface area contributed by atoms with Gasteiger partial charge in [0, 0.05) is 40.4 Å². The Morgan fingerprint density at radius 3 is 2.56 bits per heavy atom. The predicted molar refractivity (Wildman–Crippen MR) is 156 cm³/mol. The average Bonchev–Trinajstić information content (AvgIpc) is 3.41. The largest absolute Gasteiger partial charge is 0.482 e. The topological polar surface area (TPSA) is 116 Å². The maximum atomic E-state index is 14.0. The molecule has 11 heteroatoms. The molecule has 1 atom stereocenters. The summed E-state index contributed by atoms with van der Waals surface area (Å²) in [6, 6.07) is 11.6. The van der Waals surface area contributed by atoms with Crippen LogP contribution >= 0.6 is 23.2 Å². The van der Waals surface area contributed by atoms with Crippen LogP contribution in [0.25, 0.3) is 11.1 Å². The molecule has 8 nitrogen and oxygen atoms in total. The van der Waals surface area contributed by atoms with Gasteiger partial charge in [-0.1, -0.05) is 40.5 Å². The van der Waals surface area contributed by atoms with E-state index in [9.17, 15) is 9.18 Å². The maximum Gasteiger partial charge on any atom is 0.251 e. The summed E-state index contributed by atoms with van der Waals surface area (Å²) in [5.74, 6) is 1.85. The SMILES string of the molecule is Cc1noc(C2CCC(CNC(=O)c3ccc(-c4cnc(N)c(O[C@@H](C)c5c(Cl)ccc(F)c5Cl)c4)cc3)CC2)n1. The van der Waals surface area contributed by atoms with Crippen molar-refractivity contribution in [1.29, 1.82) is 0 Å². The van der Waals surface area contributed by atoms with Crippen molar-refractivity contribution in [2.24, 2.45) is 5.92 Å². The predicted octanol–water partition coefficient (Wildman–Crippen LogP) is 7.31. The summed E-state index contributed by atoms with van der Waals surface area (Å²) in [6.07, 6.45) is 4.87. The summed E-state index contributed by atoms with van der Waals surface area (Å²) >= 11 is 12.4. The fourth-order valence-electron chi connectivity index (χ4n) is 5.12. The zero-order chi connectivity index (χ0) is 29.1. The number of aromatic nitrogens is 3. The fraction of sp³-hybridized carbons (Fsp3) is 0.333. The number of carbonyl (C=O) groups excluding carboxylic acids is 1. The molecule has 1 amide bonds. The lowest BCUT2D eigenvalue weighted by atomic mass is 9.82. The first-order valence-electron chi connectivity index (χ1n) is 13.4. The zero-order valence-electron chi connectivity index (χ0n) is 22.7. The Balaban J connectivity index is 1.19. The molecule has 0 radical (unpaired) electrons. The molecule has 214 valence electrons. The first-order chi connectivity index (χ1) is 19.7. The Kier molecular flexibility index (Phi) is 8.75. The van der Waals surface area contributed by atoms with E-state index in [1.165, 1.54) is 12.1 Å². The van der Waals surface area contributed by atoms with Crippen LogP contribution in [0.15, 0.2) is 53.2 Å². The number of nitrogens with zero attached hydrogens (tertiary/aromatic N) is 3. The monoisotopic (exact) mass is 597 g/mol. The second-order valence-corrected chi connectivity index (χ2v) is 11.1. The minimum absolute atomic E-state index is 0.104. The van der Waals surface area contributed by atoms with E-state index in [0.717, 1.165) is 42.7 Å². The number of carbonyl (C=O) groups is 1. The van der Waals surface area contributed by atoms with Crippen LogP contribution in [-0.2, 0) is 0 Å². The lowest BCUT2D eigenvalue weighted by Crippen LogP contribution is -2.31. The van der Waals surface area contributed by atoms with Gasteiger partial charge in [-0.3, -0.25) is 4.79 Å². The Bertz CT molecular complexity index is 1540. The molecule has 0 spiro atoms. The minimum Gasteiger partial charge on any atom is -0.482 e. The summed E-state index contributed by atoms with van der Waals surface area (Å²) in [6.45, 7) is 4.15. The summed E-state index contributed by atoms with van der Waals surface area (Å²) in [5.41, 5.74) is 8.50. The van der Waals surface area contributed by atoms with E-state index in [1.807, 2.05) is 19.1 Å². The number of nitrogens with two attached hydrogens (primary N) is 1. The van der Waals surface area contributed by atoms with E-state index in [0.29, 0.717) is 41.1 Å². The molecule has 2 heterocycles. The maximum absolute atomic E-state index is 14.0. The number of hydrogen-bond acceptors (Lipinski definition) is 7. The Hall–Kier alpha value is -3.69. The van der Waals surface area contributed by atoms with Crippen LogP contribution in [0, 0.1) is 18.7 Å². The number of hydrogen-bond donors (Lipinski definition) is 2. The van der Waals surface area contributed by atoms with Crippen LogP contribution < -0.4 is 15.8 Å². The standard InChI is InChI=1S/C30H30Cl2FN5O3/c1-16(26-23(31)11-12-24(33)27(26)32)40-25-13-22(15-35-28(25)34)19-7-9-20(10-8-19)29(39)36-14-18-3-5-21(6-4-18)30-37-17(2)38-41-30/h7-13,15-16,18,21H,3-6,14H2,1-2H3,(H2,34,35)(H,36,39)/t16-,18?,21?/m0/s1. The van der Waals surface area contributed by atoms with Crippen molar-refractivity contribution >= 4 is 34.9 Å². The number of pyridine rings is 1. The lowest BCUT2D eigenvalue weighted by Gasteiger charge is -2.26. The molecule has 0 unspecified atom stereocenters. The van der Waals surface area contributed by atoms with Crippen LogP contribution in [-0.4, -0.2) is 27.6 Å². The van der Waals surface area contributed by atoms with E-state index in [4.69, 9.17) is 38.2 Å². The van der Waals surface area contributed by atoms with E-state index >= 15 is 0 Å². The first kappa shape index (κ1) is 28.8. The van der Waals surface area contributed by atoms with Gasteiger partial charge in [0.25, 0.3) is 5.91 Å². The quantitative estimate of drug-likeness (QED) is 0.204. The molecule has 1 aliphatic rings. The van der Waals surface area contributed by atoms with Crippen LogP contribution in [0.5, 0.6) is 5.75 Å². The van der Waals surface area contributed by atoms with Gasteiger partial charge < -0.3 is 20.3 Å². The van der Waals surface area contributed by atoms with Gasteiger partial charge in [0.05, 0.1) is 5.02 Å². The third kappa shape index (κ3) is 6.63. The molecule has 1 fully saturated rings. The number of halogens is 3. The number of amides is 1. The molecule has 2 aromatic heterocycles. The van der Waals surface area contributed by atoms with E-state index < -0.39 is 11.9 Å². The highest BCUT2D eigenvalue weighted by Gasteiger charge is 2.26. The summed E-state index contributed by atoms with van der Waals surface area (Å²) in [5, 5.41) is 7.14. The summed E-state index contributed by atoms with van der Waals surface area (Å²) in [7, 11) is 0. The summed E-state index contributed by atoms with van der Waals surface area (Å²) in [4.78, 5) is 21.4. The fourth-order valence-corrected chi connectivity index (χ4v) is 5.80. The van der Waals surface area contributed by atoms with Crippen molar-refractivity contribution in [2.75, 3.05) is 12.3 Å². The van der Waals surface area contributed by atoms with E-state index in [-0.39, 0.29) is 21.8 Å². The van der Waals surface area contributed by atoms with Gasteiger partial charge in [-0.15, -0.1) is 0 Å². The van der Waals surface area contributed by atoms with Crippen molar-refractivity contribution in [3.05, 3.63) is 87.4 Å². The highest BCUT2D eigenvalue weighted by atomic mass is 35.5. The second-order valence-electron chi connectivity index (χ2n) is 10.3. The molecule has 1 saturated carbocycles. The second kappa shape index (κ2) is 12.4. The van der Waals surface area contributed by atoms with Gasteiger partial charge in [0.2, 0.25) is 5.89 Å². The zero-order valence-corrected chi connectivity index (χ0v) is 24.2.